The van der Waals surface area contributed by atoms with Gasteiger partial charge in [-0.1, -0.05) is 15.9 Å². The summed E-state index contributed by atoms with van der Waals surface area (Å²) < 4.78 is 13.3. The van der Waals surface area contributed by atoms with E-state index >= 15 is 0 Å². The molecule has 1 aliphatic heterocycles. The minimum atomic E-state index is -1.42. The molecule has 19 heavy (non-hydrogen) atoms. The normalized spacial score (nSPS) is 18.3. The van der Waals surface area contributed by atoms with Crippen LogP contribution in [0.25, 0.3) is 0 Å². The topological polar surface area (TPSA) is 63.4 Å². The highest BCUT2D eigenvalue weighted by atomic mass is 79.9. The summed E-state index contributed by atoms with van der Waals surface area (Å²) in [7, 11) is -1.42. The lowest BCUT2D eigenvalue weighted by Crippen LogP contribution is -2.37. The first-order valence-electron chi connectivity index (χ1n) is 6.25. The molecular weight excluding hydrogens is 328 g/mol. The van der Waals surface area contributed by atoms with E-state index in [-0.39, 0.29) is 5.91 Å². The number of likely N-dealkylation sites (tertiary alicyclic amines) is 1. The summed E-state index contributed by atoms with van der Waals surface area (Å²) in [5.74, 6) is -0.0461. The first kappa shape index (κ1) is 14.5. The Morgan fingerprint density at radius 3 is 2.68 bits per heavy atom. The van der Waals surface area contributed by atoms with Gasteiger partial charge < -0.3 is 10.6 Å². The third-order valence-electron chi connectivity index (χ3n) is 3.28. The van der Waals surface area contributed by atoms with Crippen molar-refractivity contribution in [3.05, 3.63) is 22.7 Å². The average molecular weight is 345 g/mol. The van der Waals surface area contributed by atoms with Crippen LogP contribution < -0.4 is 5.73 Å². The smallest absolute Gasteiger partial charge is 0.238 e. The van der Waals surface area contributed by atoms with E-state index in [0.29, 0.717) is 10.6 Å². The molecule has 1 saturated heterocycles. The Hall–Kier alpha value is -0.880. The second-order valence-corrected chi connectivity index (χ2v) is 7.31. The Bertz CT molecular complexity index is 515. The Morgan fingerprint density at radius 2 is 2.05 bits per heavy atom. The molecule has 1 amide bonds. The number of halogens is 1. The van der Waals surface area contributed by atoms with Crippen molar-refractivity contribution in [2.24, 2.45) is 0 Å². The summed E-state index contributed by atoms with van der Waals surface area (Å²) in [6.45, 7) is 3.25. The number of hydrogen-bond donors (Lipinski definition) is 1. The zero-order valence-electron chi connectivity index (χ0n) is 10.8. The standard InChI is InChI=1S/C13H17BrN2O2S/c1-9(13(17)16-6-2-3-7-16)19(18)12-8-10(14)4-5-11(12)15/h4-5,8-9H,2-3,6-7,15H2,1H3. The van der Waals surface area contributed by atoms with E-state index in [1.54, 1.807) is 30.0 Å². The molecule has 0 spiro atoms. The maximum atomic E-state index is 12.5. The SMILES string of the molecule is CC(C(=O)N1CCCC1)S(=O)c1cc(Br)ccc1N. The Labute approximate surface area is 123 Å². The third-order valence-corrected chi connectivity index (χ3v) is 5.40. The fourth-order valence-electron chi connectivity index (χ4n) is 2.16. The van der Waals surface area contributed by atoms with Crippen molar-refractivity contribution in [2.75, 3.05) is 18.8 Å². The first-order valence-corrected chi connectivity index (χ1v) is 8.25. The summed E-state index contributed by atoms with van der Waals surface area (Å²) in [6, 6.07) is 5.21. The predicted octanol–water partition coefficient (Wildman–Crippen LogP) is 2.15. The molecule has 6 heteroatoms. The molecule has 1 heterocycles. The van der Waals surface area contributed by atoms with Crippen molar-refractivity contribution in [1.82, 2.24) is 4.90 Å². The van der Waals surface area contributed by atoms with Gasteiger partial charge in [-0.3, -0.25) is 9.00 Å². The van der Waals surface area contributed by atoms with Gasteiger partial charge in [0, 0.05) is 23.2 Å². The van der Waals surface area contributed by atoms with Crippen molar-refractivity contribution in [3.8, 4) is 0 Å². The molecule has 1 aromatic rings. The summed E-state index contributed by atoms with van der Waals surface area (Å²) in [6.07, 6.45) is 2.06. The Kier molecular flexibility index (Phi) is 4.62. The van der Waals surface area contributed by atoms with Crippen molar-refractivity contribution in [2.45, 2.75) is 29.9 Å². The van der Waals surface area contributed by atoms with Crippen LogP contribution in [0.15, 0.2) is 27.6 Å². The van der Waals surface area contributed by atoms with E-state index in [2.05, 4.69) is 15.9 Å². The number of hydrogen-bond acceptors (Lipinski definition) is 3. The highest BCUT2D eigenvalue weighted by molar-refractivity contribution is 9.10. The van der Waals surface area contributed by atoms with Gasteiger partial charge in [0.25, 0.3) is 0 Å². The van der Waals surface area contributed by atoms with Crippen molar-refractivity contribution in [3.63, 3.8) is 0 Å². The van der Waals surface area contributed by atoms with Crippen LogP contribution >= 0.6 is 15.9 Å². The monoisotopic (exact) mass is 344 g/mol. The second kappa shape index (κ2) is 6.05. The van der Waals surface area contributed by atoms with Gasteiger partial charge in [0.05, 0.1) is 15.7 Å². The van der Waals surface area contributed by atoms with Gasteiger partial charge in [0.15, 0.2) is 0 Å². The van der Waals surface area contributed by atoms with Crippen LogP contribution in [-0.2, 0) is 15.6 Å². The van der Waals surface area contributed by atoms with Crippen molar-refractivity contribution >= 4 is 38.3 Å². The largest absolute Gasteiger partial charge is 0.398 e. The van der Waals surface area contributed by atoms with E-state index in [1.807, 2.05) is 0 Å². The van der Waals surface area contributed by atoms with E-state index in [9.17, 15) is 9.00 Å². The molecule has 1 aliphatic rings. The van der Waals surface area contributed by atoms with Crippen LogP contribution in [0.4, 0.5) is 5.69 Å². The molecule has 1 fully saturated rings. The average Bonchev–Trinajstić information content (AvgIpc) is 2.93. The maximum absolute atomic E-state index is 12.5. The van der Waals surface area contributed by atoms with Gasteiger partial charge in [-0.15, -0.1) is 0 Å². The molecule has 2 N–H and O–H groups in total. The summed E-state index contributed by atoms with van der Waals surface area (Å²) in [4.78, 5) is 14.5. The summed E-state index contributed by atoms with van der Waals surface area (Å²) >= 11 is 3.33. The fraction of sp³-hybridized carbons (Fsp3) is 0.462. The van der Waals surface area contributed by atoms with Gasteiger partial charge in [-0.05, 0) is 38.0 Å². The van der Waals surface area contributed by atoms with E-state index in [4.69, 9.17) is 5.73 Å². The highest BCUT2D eigenvalue weighted by Gasteiger charge is 2.28. The molecule has 2 rings (SSSR count). The lowest BCUT2D eigenvalue weighted by molar-refractivity contribution is -0.129. The Morgan fingerprint density at radius 1 is 1.42 bits per heavy atom. The van der Waals surface area contributed by atoms with Gasteiger partial charge >= 0.3 is 0 Å². The first-order chi connectivity index (χ1) is 9.00. The maximum Gasteiger partial charge on any atom is 0.238 e. The molecule has 2 unspecified atom stereocenters. The van der Waals surface area contributed by atoms with E-state index in [0.717, 1.165) is 30.4 Å². The molecule has 104 valence electrons. The van der Waals surface area contributed by atoms with E-state index in [1.165, 1.54) is 0 Å². The van der Waals surface area contributed by atoms with E-state index < -0.39 is 16.0 Å². The molecule has 0 aromatic heterocycles. The zero-order chi connectivity index (χ0) is 14.0. The number of carbonyl (C=O) groups is 1. The van der Waals surface area contributed by atoms with Crippen LogP contribution in [0.1, 0.15) is 19.8 Å². The lowest BCUT2D eigenvalue weighted by atomic mass is 10.3. The van der Waals surface area contributed by atoms with Crippen LogP contribution in [0.5, 0.6) is 0 Å². The van der Waals surface area contributed by atoms with Gasteiger partial charge in [0.2, 0.25) is 5.91 Å². The minimum absolute atomic E-state index is 0.0461. The third kappa shape index (κ3) is 3.17. The van der Waals surface area contributed by atoms with Crippen LogP contribution in [0.3, 0.4) is 0 Å². The van der Waals surface area contributed by atoms with Crippen molar-refractivity contribution < 1.29 is 9.00 Å². The number of carbonyl (C=O) groups excluding carboxylic acids is 1. The van der Waals surface area contributed by atoms with Gasteiger partial charge in [-0.2, -0.15) is 0 Å². The van der Waals surface area contributed by atoms with Crippen LogP contribution in [-0.4, -0.2) is 33.4 Å². The lowest BCUT2D eigenvalue weighted by Gasteiger charge is -2.20. The number of nitrogen functional groups attached to an aromatic ring is 1. The quantitative estimate of drug-likeness (QED) is 0.854. The molecule has 0 aliphatic carbocycles. The Balaban J connectivity index is 2.18. The molecule has 0 saturated carbocycles. The van der Waals surface area contributed by atoms with Crippen LogP contribution in [0, 0.1) is 0 Å². The number of anilines is 1. The fourth-order valence-corrected chi connectivity index (χ4v) is 3.93. The molecular formula is C13H17BrN2O2S. The van der Waals surface area contributed by atoms with Crippen molar-refractivity contribution in [1.29, 1.82) is 0 Å². The molecule has 1 aromatic carbocycles. The zero-order valence-corrected chi connectivity index (χ0v) is 13.2. The predicted molar refractivity (Wildman–Crippen MR) is 80.2 cm³/mol. The molecule has 4 nitrogen and oxygen atoms in total. The second-order valence-electron chi connectivity index (χ2n) is 4.65. The van der Waals surface area contributed by atoms with Gasteiger partial charge in [0.1, 0.15) is 5.25 Å². The molecule has 0 bridgehead atoms. The highest BCUT2D eigenvalue weighted by Crippen LogP contribution is 2.24. The number of nitrogens with two attached hydrogens (primary N) is 1. The molecule has 2 atom stereocenters. The number of nitrogens with zero attached hydrogens (tertiary/aromatic N) is 1. The number of amides is 1. The number of benzene rings is 1. The van der Waals surface area contributed by atoms with Gasteiger partial charge in [-0.25, -0.2) is 0 Å². The molecule has 0 radical (unpaired) electrons. The minimum Gasteiger partial charge on any atom is -0.398 e. The number of rotatable bonds is 3. The van der Waals surface area contributed by atoms with Crippen LogP contribution in [0.2, 0.25) is 0 Å². The summed E-state index contributed by atoms with van der Waals surface area (Å²) in [5.41, 5.74) is 6.30. The summed E-state index contributed by atoms with van der Waals surface area (Å²) in [5, 5.41) is -0.560.